The highest BCUT2D eigenvalue weighted by atomic mass is 32.1. The first-order chi connectivity index (χ1) is 9.75. The van der Waals surface area contributed by atoms with Crippen LogP contribution in [0.5, 0.6) is 0 Å². The van der Waals surface area contributed by atoms with Crippen molar-refractivity contribution in [1.82, 2.24) is 10.2 Å². The second-order valence-corrected chi connectivity index (χ2v) is 7.08. The topological polar surface area (TPSA) is 32.3 Å². The van der Waals surface area contributed by atoms with E-state index in [1.165, 1.54) is 24.1 Å². The SMILES string of the molecule is CC(NC(c1cccs1)C1CC1)C(=O)N1CCCCC1. The predicted octanol–water partition coefficient (Wildman–Crippen LogP) is 3.19. The standard InChI is InChI=1S/C16H24N2OS/c1-12(16(19)18-9-3-2-4-10-18)17-15(13-7-8-13)14-6-5-11-20-14/h5-6,11-13,15,17H,2-4,7-10H2,1H3. The highest BCUT2D eigenvalue weighted by Crippen LogP contribution is 2.42. The van der Waals surface area contributed by atoms with E-state index >= 15 is 0 Å². The largest absolute Gasteiger partial charge is 0.341 e. The number of likely N-dealkylation sites (tertiary alicyclic amines) is 1. The molecule has 1 saturated heterocycles. The molecular weight excluding hydrogens is 268 g/mol. The van der Waals surface area contributed by atoms with E-state index in [4.69, 9.17) is 0 Å². The molecule has 1 aliphatic heterocycles. The van der Waals surface area contributed by atoms with E-state index in [-0.39, 0.29) is 11.9 Å². The van der Waals surface area contributed by atoms with Crippen molar-refractivity contribution in [2.24, 2.45) is 5.92 Å². The number of carbonyl (C=O) groups excluding carboxylic acids is 1. The summed E-state index contributed by atoms with van der Waals surface area (Å²) < 4.78 is 0. The molecule has 110 valence electrons. The molecule has 1 amide bonds. The predicted molar refractivity (Wildman–Crippen MR) is 82.8 cm³/mol. The highest BCUT2D eigenvalue weighted by Gasteiger charge is 2.35. The molecule has 2 fully saturated rings. The Labute approximate surface area is 125 Å². The van der Waals surface area contributed by atoms with Crippen LogP contribution in [-0.4, -0.2) is 29.9 Å². The van der Waals surface area contributed by atoms with Gasteiger partial charge in [-0.2, -0.15) is 0 Å². The Kier molecular flexibility index (Phi) is 4.41. The molecule has 0 aromatic carbocycles. The van der Waals surface area contributed by atoms with Crippen LogP contribution in [-0.2, 0) is 4.79 Å². The van der Waals surface area contributed by atoms with Crippen LogP contribution >= 0.6 is 11.3 Å². The molecule has 1 aromatic heterocycles. The molecule has 3 nitrogen and oxygen atoms in total. The van der Waals surface area contributed by atoms with Crippen molar-refractivity contribution in [2.75, 3.05) is 13.1 Å². The number of thiophene rings is 1. The Morgan fingerprint density at radius 2 is 2.10 bits per heavy atom. The second-order valence-electron chi connectivity index (χ2n) is 6.10. The van der Waals surface area contributed by atoms with Crippen molar-refractivity contribution < 1.29 is 4.79 Å². The van der Waals surface area contributed by atoms with Crippen LogP contribution in [0.1, 0.15) is 49.9 Å². The van der Waals surface area contributed by atoms with E-state index in [0.29, 0.717) is 6.04 Å². The minimum atomic E-state index is -0.0687. The number of nitrogens with one attached hydrogen (secondary N) is 1. The maximum Gasteiger partial charge on any atom is 0.239 e. The van der Waals surface area contributed by atoms with Gasteiger partial charge in [-0.05, 0) is 56.4 Å². The van der Waals surface area contributed by atoms with Crippen molar-refractivity contribution in [3.63, 3.8) is 0 Å². The minimum Gasteiger partial charge on any atom is -0.341 e. The lowest BCUT2D eigenvalue weighted by molar-refractivity contribution is -0.134. The van der Waals surface area contributed by atoms with Crippen molar-refractivity contribution in [3.05, 3.63) is 22.4 Å². The van der Waals surface area contributed by atoms with Crippen molar-refractivity contribution >= 4 is 17.2 Å². The molecule has 2 unspecified atom stereocenters. The summed E-state index contributed by atoms with van der Waals surface area (Å²) in [4.78, 5) is 15.9. The molecule has 1 aliphatic carbocycles. The molecule has 1 aromatic rings. The third-order valence-corrected chi connectivity index (χ3v) is 5.37. The van der Waals surface area contributed by atoms with Gasteiger partial charge in [-0.25, -0.2) is 0 Å². The zero-order valence-electron chi connectivity index (χ0n) is 12.2. The average Bonchev–Trinajstić information content (AvgIpc) is 3.19. The van der Waals surface area contributed by atoms with E-state index in [1.54, 1.807) is 11.3 Å². The minimum absolute atomic E-state index is 0.0687. The van der Waals surface area contributed by atoms with Gasteiger partial charge >= 0.3 is 0 Å². The van der Waals surface area contributed by atoms with Crippen LogP contribution in [0.25, 0.3) is 0 Å². The van der Waals surface area contributed by atoms with Gasteiger partial charge in [0.2, 0.25) is 5.91 Å². The number of amides is 1. The Hall–Kier alpha value is -0.870. The fourth-order valence-electron chi connectivity index (χ4n) is 3.08. The van der Waals surface area contributed by atoms with Gasteiger partial charge in [0.25, 0.3) is 0 Å². The van der Waals surface area contributed by atoms with E-state index in [9.17, 15) is 4.79 Å². The van der Waals surface area contributed by atoms with Gasteiger partial charge in [-0.1, -0.05) is 6.07 Å². The first kappa shape index (κ1) is 14.1. The van der Waals surface area contributed by atoms with Crippen LogP contribution in [0.2, 0.25) is 0 Å². The van der Waals surface area contributed by atoms with Crippen molar-refractivity contribution in [1.29, 1.82) is 0 Å². The molecule has 1 N–H and O–H groups in total. The summed E-state index contributed by atoms with van der Waals surface area (Å²) in [6.07, 6.45) is 6.18. The molecule has 2 heterocycles. The lowest BCUT2D eigenvalue weighted by Gasteiger charge is -2.31. The summed E-state index contributed by atoms with van der Waals surface area (Å²) in [6, 6.07) is 4.60. The van der Waals surface area contributed by atoms with Gasteiger partial charge in [0, 0.05) is 24.0 Å². The Morgan fingerprint density at radius 3 is 2.70 bits per heavy atom. The Bertz CT molecular complexity index is 435. The molecule has 0 bridgehead atoms. The number of hydrogen-bond acceptors (Lipinski definition) is 3. The monoisotopic (exact) mass is 292 g/mol. The van der Waals surface area contributed by atoms with Gasteiger partial charge in [0.1, 0.15) is 0 Å². The smallest absolute Gasteiger partial charge is 0.239 e. The molecule has 0 radical (unpaired) electrons. The Balaban J connectivity index is 1.61. The van der Waals surface area contributed by atoms with Gasteiger partial charge in [-0.3, -0.25) is 10.1 Å². The summed E-state index contributed by atoms with van der Waals surface area (Å²) >= 11 is 1.80. The molecule has 0 spiro atoms. The molecule has 2 atom stereocenters. The quantitative estimate of drug-likeness (QED) is 0.904. The van der Waals surface area contributed by atoms with E-state index in [1.807, 2.05) is 11.8 Å². The summed E-state index contributed by atoms with van der Waals surface area (Å²) in [5.74, 6) is 1.01. The lowest BCUT2D eigenvalue weighted by atomic mass is 10.1. The maximum absolute atomic E-state index is 12.5. The first-order valence-corrected chi connectivity index (χ1v) is 8.72. The van der Waals surface area contributed by atoms with E-state index < -0.39 is 0 Å². The van der Waals surface area contributed by atoms with Gasteiger partial charge in [-0.15, -0.1) is 11.3 Å². The van der Waals surface area contributed by atoms with Crippen LogP contribution in [0.4, 0.5) is 0 Å². The number of carbonyl (C=O) groups is 1. The summed E-state index contributed by atoms with van der Waals surface area (Å²) in [7, 11) is 0. The Morgan fingerprint density at radius 1 is 1.35 bits per heavy atom. The van der Waals surface area contributed by atoms with Crippen LogP contribution in [0.15, 0.2) is 17.5 Å². The second kappa shape index (κ2) is 6.27. The fraction of sp³-hybridized carbons (Fsp3) is 0.688. The molecule has 4 heteroatoms. The molecule has 1 saturated carbocycles. The van der Waals surface area contributed by atoms with Gasteiger partial charge < -0.3 is 4.90 Å². The number of rotatable bonds is 5. The third-order valence-electron chi connectivity index (χ3n) is 4.41. The molecular formula is C16H24N2OS. The van der Waals surface area contributed by atoms with E-state index in [0.717, 1.165) is 31.8 Å². The average molecular weight is 292 g/mol. The summed E-state index contributed by atoms with van der Waals surface area (Å²) in [5.41, 5.74) is 0. The van der Waals surface area contributed by atoms with Crippen LogP contribution < -0.4 is 5.32 Å². The van der Waals surface area contributed by atoms with Crippen molar-refractivity contribution in [2.45, 2.75) is 51.1 Å². The van der Waals surface area contributed by atoms with Crippen LogP contribution in [0.3, 0.4) is 0 Å². The van der Waals surface area contributed by atoms with Gasteiger partial charge in [0.05, 0.1) is 6.04 Å². The van der Waals surface area contributed by atoms with Gasteiger partial charge in [0.15, 0.2) is 0 Å². The lowest BCUT2D eigenvalue weighted by Crippen LogP contribution is -2.47. The molecule has 3 rings (SSSR count). The number of piperidine rings is 1. The normalized spacial score (nSPS) is 22.6. The summed E-state index contributed by atoms with van der Waals surface area (Å²) in [6.45, 7) is 3.91. The number of hydrogen-bond donors (Lipinski definition) is 1. The van der Waals surface area contributed by atoms with Crippen molar-refractivity contribution in [3.8, 4) is 0 Å². The van der Waals surface area contributed by atoms with Crippen LogP contribution in [0, 0.1) is 5.92 Å². The fourth-order valence-corrected chi connectivity index (χ4v) is 3.96. The zero-order chi connectivity index (χ0) is 13.9. The molecule has 2 aliphatic rings. The zero-order valence-corrected chi connectivity index (χ0v) is 13.0. The first-order valence-electron chi connectivity index (χ1n) is 7.84. The van der Waals surface area contributed by atoms with E-state index in [2.05, 4.69) is 22.8 Å². The highest BCUT2D eigenvalue weighted by molar-refractivity contribution is 7.10. The summed E-state index contributed by atoms with van der Waals surface area (Å²) in [5, 5.41) is 5.73. The third kappa shape index (κ3) is 3.23. The number of nitrogens with zero attached hydrogens (tertiary/aromatic N) is 1. The molecule has 20 heavy (non-hydrogen) atoms. The maximum atomic E-state index is 12.5.